The first kappa shape index (κ1) is 20.9. The van der Waals surface area contributed by atoms with E-state index in [1.807, 2.05) is 43.3 Å². The summed E-state index contributed by atoms with van der Waals surface area (Å²) in [6, 6.07) is 17.5. The van der Waals surface area contributed by atoms with Crippen molar-refractivity contribution in [2.24, 2.45) is 0 Å². The van der Waals surface area contributed by atoms with Crippen molar-refractivity contribution in [1.82, 2.24) is 0 Å². The van der Waals surface area contributed by atoms with Gasteiger partial charge in [-0.05, 0) is 54.5 Å². The van der Waals surface area contributed by atoms with Gasteiger partial charge in [-0.25, -0.2) is 4.39 Å². The van der Waals surface area contributed by atoms with Gasteiger partial charge in [0.2, 0.25) is 5.91 Å². The van der Waals surface area contributed by atoms with Crippen LogP contribution in [0, 0.1) is 5.82 Å². The molecule has 4 rings (SSSR count). The molecule has 0 fully saturated rings. The van der Waals surface area contributed by atoms with Crippen LogP contribution in [0.3, 0.4) is 0 Å². The molecule has 0 bridgehead atoms. The molecule has 0 aliphatic rings. The predicted molar refractivity (Wildman–Crippen MR) is 125 cm³/mol. The number of rotatable bonds is 5. The first-order valence-corrected chi connectivity index (χ1v) is 10.3. The average Bonchev–Trinajstić information content (AvgIpc) is 3.16. The smallest absolute Gasteiger partial charge is 0.248 e. The zero-order valence-electron chi connectivity index (χ0n) is 16.9. The molecule has 0 radical (unpaired) electrons. The number of benzene rings is 3. The lowest BCUT2D eigenvalue weighted by atomic mass is 9.99. The van der Waals surface area contributed by atoms with E-state index in [0.29, 0.717) is 22.6 Å². The van der Waals surface area contributed by atoms with Crippen molar-refractivity contribution >= 4 is 44.1 Å². The van der Waals surface area contributed by atoms with Gasteiger partial charge in [-0.15, -0.1) is 0 Å². The summed E-state index contributed by atoms with van der Waals surface area (Å²) in [4.78, 5) is 12.5. The van der Waals surface area contributed by atoms with Crippen molar-refractivity contribution in [3.63, 3.8) is 0 Å². The second-order valence-electron chi connectivity index (χ2n) is 7.03. The fourth-order valence-corrected chi connectivity index (χ4v) is 3.67. The normalized spacial score (nSPS) is 11.5. The molecule has 3 aromatic carbocycles. The number of carbonyl (C=O) groups excluding carboxylic acids is 1. The maximum Gasteiger partial charge on any atom is 0.248 e. The van der Waals surface area contributed by atoms with Crippen LogP contribution >= 0.6 is 15.9 Å². The van der Waals surface area contributed by atoms with Crippen LogP contribution in [0.5, 0.6) is 5.75 Å². The minimum atomic E-state index is -0.411. The Morgan fingerprint density at radius 1 is 1.13 bits per heavy atom. The summed E-state index contributed by atoms with van der Waals surface area (Å²) in [7, 11) is 1.57. The number of fused-ring (bicyclic) bond motifs is 1. The van der Waals surface area contributed by atoms with Gasteiger partial charge in [-0.1, -0.05) is 34.1 Å². The van der Waals surface area contributed by atoms with Crippen LogP contribution in [0.2, 0.25) is 0 Å². The van der Waals surface area contributed by atoms with E-state index in [1.165, 1.54) is 18.2 Å². The van der Waals surface area contributed by atoms with Crippen molar-refractivity contribution < 1.29 is 18.3 Å². The third-order valence-corrected chi connectivity index (χ3v) is 5.44. The van der Waals surface area contributed by atoms with Gasteiger partial charge in [-0.2, -0.15) is 0 Å². The largest absolute Gasteiger partial charge is 0.496 e. The van der Waals surface area contributed by atoms with E-state index in [1.54, 1.807) is 25.5 Å². The number of hydrogen-bond acceptors (Lipinski definition) is 3. The molecule has 31 heavy (non-hydrogen) atoms. The number of ether oxygens (including phenoxy) is 1. The highest BCUT2D eigenvalue weighted by Gasteiger charge is 2.15. The Kier molecular flexibility index (Phi) is 5.91. The van der Waals surface area contributed by atoms with Gasteiger partial charge in [0.05, 0.1) is 13.4 Å². The Balaban J connectivity index is 1.71. The minimum Gasteiger partial charge on any atom is -0.496 e. The zero-order valence-corrected chi connectivity index (χ0v) is 18.5. The molecule has 0 atom stereocenters. The molecule has 0 unspecified atom stereocenters. The number of anilines is 1. The number of allylic oxidation sites excluding steroid dienone is 1. The average molecular weight is 480 g/mol. The zero-order chi connectivity index (χ0) is 22.0. The standard InChI is InChI=1S/C25H19BrFNO3/c1-15(10-25(29)28-19-5-3-4-18(27)11-19)20-12-21-22(16-6-8-17(26)9-7-16)14-31-24(21)13-23(20)30-2/h3-14H,1-2H3,(H,28,29)/b15-10+. The third kappa shape index (κ3) is 4.54. The summed E-state index contributed by atoms with van der Waals surface area (Å²) >= 11 is 3.45. The molecule has 156 valence electrons. The van der Waals surface area contributed by atoms with E-state index in [4.69, 9.17) is 9.15 Å². The van der Waals surface area contributed by atoms with Gasteiger partial charge in [-0.3, -0.25) is 4.79 Å². The van der Waals surface area contributed by atoms with Crippen molar-refractivity contribution in [1.29, 1.82) is 0 Å². The number of furan rings is 1. The van der Waals surface area contributed by atoms with Crippen LogP contribution < -0.4 is 10.1 Å². The Bertz CT molecular complexity index is 1290. The number of hydrogen-bond donors (Lipinski definition) is 1. The summed E-state index contributed by atoms with van der Waals surface area (Å²) in [5, 5.41) is 3.59. The van der Waals surface area contributed by atoms with E-state index in [9.17, 15) is 9.18 Å². The Hall–Kier alpha value is -3.38. The molecule has 1 amide bonds. The minimum absolute atomic E-state index is 0.356. The first-order chi connectivity index (χ1) is 14.9. The molecule has 0 spiro atoms. The van der Waals surface area contributed by atoms with Gasteiger partial charge < -0.3 is 14.5 Å². The lowest BCUT2D eigenvalue weighted by Gasteiger charge is -2.10. The molecule has 1 heterocycles. The summed E-state index contributed by atoms with van der Waals surface area (Å²) in [6.07, 6.45) is 3.18. The van der Waals surface area contributed by atoms with Crippen molar-refractivity contribution in [2.75, 3.05) is 12.4 Å². The number of nitrogens with one attached hydrogen (secondary N) is 1. The maximum absolute atomic E-state index is 13.4. The van der Waals surface area contributed by atoms with E-state index >= 15 is 0 Å². The first-order valence-electron chi connectivity index (χ1n) is 9.55. The van der Waals surface area contributed by atoms with Gasteiger partial charge in [0, 0.05) is 38.8 Å². The molecule has 1 N–H and O–H groups in total. The molecular weight excluding hydrogens is 461 g/mol. The molecule has 6 heteroatoms. The number of amides is 1. The quantitative estimate of drug-likeness (QED) is 0.312. The number of carbonyl (C=O) groups is 1. The number of methoxy groups -OCH3 is 1. The van der Waals surface area contributed by atoms with Gasteiger partial charge in [0.15, 0.2) is 0 Å². The summed E-state index contributed by atoms with van der Waals surface area (Å²) in [5.74, 6) is -0.173. The van der Waals surface area contributed by atoms with Gasteiger partial charge >= 0.3 is 0 Å². The monoisotopic (exact) mass is 479 g/mol. The summed E-state index contributed by atoms with van der Waals surface area (Å²) in [5.41, 5.74) is 4.52. The predicted octanol–water partition coefficient (Wildman–Crippen LogP) is 7.05. The second-order valence-corrected chi connectivity index (χ2v) is 7.95. The third-order valence-electron chi connectivity index (χ3n) is 4.92. The maximum atomic E-state index is 13.4. The van der Waals surface area contributed by atoms with Gasteiger partial charge in [0.25, 0.3) is 0 Å². The van der Waals surface area contributed by atoms with Crippen LogP contribution in [-0.4, -0.2) is 13.0 Å². The van der Waals surface area contributed by atoms with E-state index in [2.05, 4.69) is 21.2 Å². The van der Waals surface area contributed by atoms with E-state index < -0.39 is 5.82 Å². The van der Waals surface area contributed by atoms with Crippen LogP contribution in [0.1, 0.15) is 12.5 Å². The highest BCUT2D eigenvalue weighted by molar-refractivity contribution is 9.10. The molecular formula is C25H19BrFNO3. The Morgan fingerprint density at radius 2 is 1.90 bits per heavy atom. The van der Waals surface area contributed by atoms with E-state index in [0.717, 1.165) is 26.5 Å². The van der Waals surface area contributed by atoms with Crippen LogP contribution in [0.4, 0.5) is 10.1 Å². The molecule has 4 aromatic rings. The van der Waals surface area contributed by atoms with Crippen LogP contribution in [0.25, 0.3) is 27.7 Å². The topological polar surface area (TPSA) is 51.5 Å². The highest BCUT2D eigenvalue weighted by Crippen LogP contribution is 2.37. The summed E-state index contributed by atoms with van der Waals surface area (Å²) in [6.45, 7) is 1.83. The molecule has 0 aliphatic carbocycles. The molecule has 0 saturated carbocycles. The van der Waals surface area contributed by atoms with Gasteiger partial charge in [0.1, 0.15) is 17.1 Å². The molecule has 4 nitrogen and oxygen atoms in total. The lowest BCUT2D eigenvalue weighted by molar-refractivity contribution is -0.111. The Labute approximate surface area is 187 Å². The second kappa shape index (κ2) is 8.78. The van der Waals surface area contributed by atoms with Crippen LogP contribution in [-0.2, 0) is 4.79 Å². The van der Waals surface area contributed by atoms with Crippen LogP contribution in [0.15, 0.2) is 81.9 Å². The Morgan fingerprint density at radius 3 is 2.61 bits per heavy atom. The van der Waals surface area contributed by atoms with Crippen molar-refractivity contribution in [2.45, 2.75) is 6.92 Å². The van der Waals surface area contributed by atoms with Crippen molar-refractivity contribution in [3.05, 3.63) is 88.9 Å². The summed E-state index contributed by atoms with van der Waals surface area (Å²) < 4.78 is 25.7. The lowest BCUT2D eigenvalue weighted by Crippen LogP contribution is -2.08. The fourth-order valence-electron chi connectivity index (χ4n) is 3.40. The molecule has 0 aliphatic heterocycles. The number of halogens is 2. The fraction of sp³-hybridized carbons (Fsp3) is 0.0800. The molecule has 0 saturated heterocycles. The highest BCUT2D eigenvalue weighted by atomic mass is 79.9. The van der Waals surface area contributed by atoms with E-state index in [-0.39, 0.29) is 5.91 Å². The molecule has 1 aromatic heterocycles. The van der Waals surface area contributed by atoms with Crippen molar-refractivity contribution in [3.8, 4) is 16.9 Å². The SMILES string of the molecule is COc1cc2occ(-c3ccc(Br)cc3)c2cc1/C(C)=C/C(=O)Nc1cccc(F)c1.